The van der Waals surface area contributed by atoms with E-state index >= 15 is 0 Å². The summed E-state index contributed by atoms with van der Waals surface area (Å²) in [6, 6.07) is 4.63. The first-order chi connectivity index (χ1) is 6.24. The van der Waals surface area contributed by atoms with Gasteiger partial charge in [-0.25, -0.2) is 4.39 Å². The summed E-state index contributed by atoms with van der Waals surface area (Å²) in [6.07, 6.45) is 3.82. The Hall–Kier alpha value is -0.670. The van der Waals surface area contributed by atoms with E-state index in [1.54, 1.807) is 6.07 Å². The lowest BCUT2D eigenvalue weighted by atomic mass is 10.2. The summed E-state index contributed by atoms with van der Waals surface area (Å²) in [6.45, 7) is 0.781. The highest BCUT2D eigenvalue weighted by molar-refractivity contribution is 9.10. The van der Waals surface area contributed by atoms with Crippen LogP contribution in [0.1, 0.15) is 5.56 Å². The van der Waals surface area contributed by atoms with E-state index in [2.05, 4.69) is 21.2 Å². The Kier molecular flexibility index (Phi) is 4.12. The van der Waals surface area contributed by atoms with Gasteiger partial charge in [0, 0.05) is 11.0 Å². The molecule has 0 aliphatic carbocycles. The molecule has 0 bridgehead atoms. The lowest BCUT2D eigenvalue weighted by molar-refractivity contribution is 0.627. The predicted molar refractivity (Wildman–Crippen MR) is 57.1 cm³/mol. The molecule has 1 rings (SSSR count). The van der Waals surface area contributed by atoms with Crippen molar-refractivity contribution in [2.75, 3.05) is 13.6 Å². The molecule has 0 spiro atoms. The molecule has 0 unspecified atom stereocenters. The van der Waals surface area contributed by atoms with Crippen LogP contribution in [0, 0.1) is 5.82 Å². The molecule has 13 heavy (non-hydrogen) atoms. The zero-order valence-corrected chi connectivity index (χ0v) is 8.94. The maximum Gasteiger partial charge on any atom is 0.123 e. The van der Waals surface area contributed by atoms with Gasteiger partial charge in [-0.15, -0.1) is 0 Å². The number of hydrogen-bond acceptors (Lipinski definition) is 1. The van der Waals surface area contributed by atoms with Gasteiger partial charge in [0.05, 0.1) is 0 Å². The molecular formula is C10H11BrFN. The maximum atomic E-state index is 12.8. The molecule has 0 saturated heterocycles. The van der Waals surface area contributed by atoms with Crippen LogP contribution in [0.15, 0.2) is 28.7 Å². The lowest BCUT2D eigenvalue weighted by Crippen LogP contribution is -2.03. The van der Waals surface area contributed by atoms with Gasteiger partial charge in [-0.3, -0.25) is 0 Å². The molecule has 3 heteroatoms. The van der Waals surface area contributed by atoms with E-state index in [0.29, 0.717) is 0 Å². The molecule has 70 valence electrons. The molecule has 0 fully saturated rings. The van der Waals surface area contributed by atoms with Crippen LogP contribution in [0.4, 0.5) is 4.39 Å². The number of rotatable bonds is 3. The molecule has 0 radical (unpaired) electrons. The van der Waals surface area contributed by atoms with Gasteiger partial charge in [-0.1, -0.05) is 28.1 Å². The summed E-state index contributed by atoms with van der Waals surface area (Å²) in [4.78, 5) is 0. The molecule has 0 aromatic heterocycles. The van der Waals surface area contributed by atoms with Crippen LogP contribution < -0.4 is 5.32 Å². The predicted octanol–water partition coefficient (Wildman–Crippen LogP) is 2.82. The number of nitrogens with one attached hydrogen (secondary N) is 1. The number of likely N-dealkylation sites (N-methyl/N-ethyl adjacent to an activating group) is 1. The van der Waals surface area contributed by atoms with E-state index < -0.39 is 0 Å². The fourth-order valence-electron chi connectivity index (χ4n) is 0.946. The molecule has 0 aliphatic heterocycles. The Morgan fingerprint density at radius 1 is 1.54 bits per heavy atom. The summed E-state index contributed by atoms with van der Waals surface area (Å²) < 4.78 is 13.7. The minimum Gasteiger partial charge on any atom is -0.316 e. The van der Waals surface area contributed by atoms with E-state index in [4.69, 9.17) is 0 Å². The third kappa shape index (κ3) is 3.28. The average Bonchev–Trinajstić information content (AvgIpc) is 2.11. The molecule has 1 aromatic carbocycles. The normalized spacial score (nSPS) is 11.0. The summed E-state index contributed by atoms with van der Waals surface area (Å²) in [5, 5.41) is 2.98. The monoisotopic (exact) mass is 243 g/mol. The van der Waals surface area contributed by atoms with E-state index in [0.717, 1.165) is 16.6 Å². The number of benzene rings is 1. The quantitative estimate of drug-likeness (QED) is 0.862. The Morgan fingerprint density at radius 2 is 2.31 bits per heavy atom. The Labute approximate surface area is 85.8 Å². The molecule has 1 aromatic rings. The highest BCUT2D eigenvalue weighted by Gasteiger charge is 1.96. The topological polar surface area (TPSA) is 12.0 Å². The first kappa shape index (κ1) is 10.4. The second kappa shape index (κ2) is 5.14. The third-order valence-corrected chi connectivity index (χ3v) is 2.30. The highest BCUT2D eigenvalue weighted by atomic mass is 79.9. The van der Waals surface area contributed by atoms with E-state index in [9.17, 15) is 4.39 Å². The van der Waals surface area contributed by atoms with Crippen LogP contribution in [0.2, 0.25) is 0 Å². The number of halogens is 2. The van der Waals surface area contributed by atoms with Gasteiger partial charge in [0.25, 0.3) is 0 Å². The van der Waals surface area contributed by atoms with Crippen LogP contribution in [0.25, 0.3) is 6.08 Å². The second-order valence-electron chi connectivity index (χ2n) is 2.63. The highest BCUT2D eigenvalue weighted by Crippen LogP contribution is 2.18. The van der Waals surface area contributed by atoms with Crippen molar-refractivity contribution in [1.82, 2.24) is 5.32 Å². The van der Waals surface area contributed by atoms with Crippen molar-refractivity contribution in [1.29, 1.82) is 0 Å². The second-order valence-corrected chi connectivity index (χ2v) is 3.48. The van der Waals surface area contributed by atoms with Gasteiger partial charge in [-0.05, 0) is 30.8 Å². The van der Waals surface area contributed by atoms with Gasteiger partial charge in [0.2, 0.25) is 0 Å². The molecule has 0 atom stereocenters. The molecular weight excluding hydrogens is 233 g/mol. The molecule has 0 amide bonds. The van der Waals surface area contributed by atoms with Crippen molar-refractivity contribution in [3.8, 4) is 0 Å². The fourth-order valence-corrected chi connectivity index (χ4v) is 1.32. The summed E-state index contributed by atoms with van der Waals surface area (Å²) in [7, 11) is 1.87. The van der Waals surface area contributed by atoms with Crippen molar-refractivity contribution in [3.05, 3.63) is 40.1 Å². The molecule has 1 nitrogen and oxygen atoms in total. The first-order valence-corrected chi connectivity index (χ1v) is 4.79. The standard InChI is InChI=1S/C10H11BrFN/c1-13-6-2-3-8-7-9(12)4-5-10(8)11/h2-5,7,13H,6H2,1H3/b3-2+. The Balaban J connectivity index is 2.81. The van der Waals surface area contributed by atoms with Crippen molar-refractivity contribution in [2.24, 2.45) is 0 Å². The van der Waals surface area contributed by atoms with Crippen LogP contribution in [-0.2, 0) is 0 Å². The van der Waals surface area contributed by atoms with Crippen molar-refractivity contribution < 1.29 is 4.39 Å². The van der Waals surface area contributed by atoms with E-state index in [1.165, 1.54) is 12.1 Å². The van der Waals surface area contributed by atoms with Gasteiger partial charge in [0.15, 0.2) is 0 Å². The van der Waals surface area contributed by atoms with Gasteiger partial charge in [0.1, 0.15) is 5.82 Å². The lowest BCUT2D eigenvalue weighted by Gasteiger charge is -1.98. The van der Waals surface area contributed by atoms with Crippen molar-refractivity contribution >= 4 is 22.0 Å². The molecule has 0 aliphatic rings. The van der Waals surface area contributed by atoms with Gasteiger partial charge in [-0.2, -0.15) is 0 Å². The average molecular weight is 244 g/mol. The third-order valence-electron chi connectivity index (χ3n) is 1.58. The minimum atomic E-state index is -0.215. The fraction of sp³-hybridized carbons (Fsp3) is 0.200. The summed E-state index contributed by atoms with van der Waals surface area (Å²) in [5.41, 5.74) is 0.857. The SMILES string of the molecule is CNC/C=C/c1cc(F)ccc1Br. The van der Waals surface area contributed by atoms with Gasteiger partial charge < -0.3 is 5.32 Å². The van der Waals surface area contributed by atoms with Gasteiger partial charge >= 0.3 is 0 Å². The maximum absolute atomic E-state index is 12.8. The minimum absolute atomic E-state index is 0.215. The Bertz CT molecular complexity index is 310. The smallest absolute Gasteiger partial charge is 0.123 e. The van der Waals surface area contributed by atoms with Crippen LogP contribution >= 0.6 is 15.9 Å². The first-order valence-electron chi connectivity index (χ1n) is 4.00. The molecule has 0 heterocycles. The van der Waals surface area contributed by atoms with Crippen LogP contribution in [0.5, 0.6) is 0 Å². The van der Waals surface area contributed by atoms with Crippen molar-refractivity contribution in [3.63, 3.8) is 0 Å². The van der Waals surface area contributed by atoms with Crippen molar-refractivity contribution in [2.45, 2.75) is 0 Å². The Morgan fingerprint density at radius 3 is 3.00 bits per heavy atom. The zero-order chi connectivity index (χ0) is 9.68. The summed E-state index contributed by atoms with van der Waals surface area (Å²) >= 11 is 3.34. The largest absolute Gasteiger partial charge is 0.316 e. The van der Waals surface area contributed by atoms with E-state index in [-0.39, 0.29) is 5.82 Å². The molecule has 1 N–H and O–H groups in total. The summed E-state index contributed by atoms with van der Waals surface area (Å²) in [5.74, 6) is -0.215. The van der Waals surface area contributed by atoms with Crippen LogP contribution in [0.3, 0.4) is 0 Å². The number of hydrogen-bond donors (Lipinski definition) is 1. The molecule has 0 saturated carbocycles. The zero-order valence-electron chi connectivity index (χ0n) is 7.35. The van der Waals surface area contributed by atoms with Crippen LogP contribution in [-0.4, -0.2) is 13.6 Å². The van der Waals surface area contributed by atoms with E-state index in [1.807, 2.05) is 19.2 Å².